The standard InChI is InChI=1S/C18H24N6O2/c1-18(2,3)17(26)24-8-6-23(7-9-24)14-11-21-16-15(22-14)12(10-20-16)4-5-13(19)25/h4-5,10-11H,6-9H2,1-3H3,(H2,19,25)(H,20,21)/b5-4+. The second-order valence-corrected chi connectivity index (χ2v) is 7.43. The molecule has 1 fully saturated rings. The molecule has 8 nitrogen and oxygen atoms in total. The first-order valence-corrected chi connectivity index (χ1v) is 8.61. The molecule has 0 radical (unpaired) electrons. The number of hydrogen-bond donors (Lipinski definition) is 2. The number of piperazine rings is 1. The number of carbonyl (C=O) groups excluding carboxylic acids is 2. The van der Waals surface area contributed by atoms with Gasteiger partial charge >= 0.3 is 0 Å². The molecule has 2 amide bonds. The van der Waals surface area contributed by atoms with Crippen LogP contribution in [0.25, 0.3) is 17.2 Å². The summed E-state index contributed by atoms with van der Waals surface area (Å²) < 4.78 is 0. The summed E-state index contributed by atoms with van der Waals surface area (Å²) in [6, 6.07) is 0. The lowest BCUT2D eigenvalue weighted by molar-refractivity contribution is -0.139. The Kier molecular flexibility index (Phi) is 4.67. The van der Waals surface area contributed by atoms with Gasteiger partial charge in [-0.25, -0.2) is 9.97 Å². The molecule has 8 heteroatoms. The highest BCUT2D eigenvalue weighted by molar-refractivity contribution is 5.93. The number of nitrogens with one attached hydrogen (secondary N) is 1. The largest absolute Gasteiger partial charge is 0.366 e. The van der Waals surface area contributed by atoms with Crippen LogP contribution in [0.5, 0.6) is 0 Å². The summed E-state index contributed by atoms with van der Waals surface area (Å²) in [6.07, 6.45) is 6.39. The fourth-order valence-corrected chi connectivity index (χ4v) is 2.97. The van der Waals surface area contributed by atoms with Crippen LogP contribution in [0.2, 0.25) is 0 Å². The molecule has 0 bridgehead atoms. The van der Waals surface area contributed by atoms with Crippen molar-refractivity contribution in [2.24, 2.45) is 11.1 Å². The minimum Gasteiger partial charge on any atom is -0.366 e. The maximum atomic E-state index is 12.4. The third-order valence-corrected chi connectivity index (χ3v) is 4.36. The van der Waals surface area contributed by atoms with E-state index in [1.54, 1.807) is 18.5 Å². The Bertz CT molecular complexity index is 856. The van der Waals surface area contributed by atoms with Crippen LogP contribution in [0.4, 0.5) is 5.82 Å². The van der Waals surface area contributed by atoms with Crippen molar-refractivity contribution < 1.29 is 9.59 Å². The van der Waals surface area contributed by atoms with Crippen LogP contribution < -0.4 is 10.6 Å². The van der Waals surface area contributed by atoms with Gasteiger partial charge in [-0.2, -0.15) is 0 Å². The van der Waals surface area contributed by atoms with Gasteiger partial charge in [0.15, 0.2) is 5.65 Å². The first-order valence-electron chi connectivity index (χ1n) is 8.61. The van der Waals surface area contributed by atoms with Gasteiger partial charge < -0.3 is 20.5 Å². The summed E-state index contributed by atoms with van der Waals surface area (Å²) >= 11 is 0. The van der Waals surface area contributed by atoms with Gasteiger partial charge in [-0.3, -0.25) is 9.59 Å². The highest BCUT2D eigenvalue weighted by Crippen LogP contribution is 2.22. The SMILES string of the molecule is CC(C)(C)C(=O)N1CCN(c2cnc3[nH]cc(/C=C/C(N)=O)c3n2)CC1. The number of carbonyl (C=O) groups is 2. The number of hydrogen-bond acceptors (Lipinski definition) is 5. The summed E-state index contributed by atoms with van der Waals surface area (Å²) in [7, 11) is 0. The van der Waals surface area contributed by atoms with Crippen molar-refractivity contribution in [2.45, 2.75) is 20.8 Å². The Labute approximate surface area is 152 Å². The zero-order chi connectivity index (χ0) is 18.9. The van der Waals surface area contributed by atoms with Crippen molar-refractivity contribution >= 4 is 34.9 Å². The molecule has 138 valence electrons. The molecular weight excluding hydrogens is 332 g/mol. The average molecular weight is 356 g/mol. The molecular formula is C18H24N6O2. The topological polar surface area (TPSA) is 108 Å². The Balaban J connectivity index is 1.76. The van der Waals surface area contributed by atoms with Crippen LogP contribution in [-0.4, -0.2) is 57.8 Å². The molecule has 0 saturated carbocycles. The lowest BCUT2D eigenvalue weighted by Gasteiger charge is -2.38. The van der Waals surface area contributed by atoms with Crippen LogP contribution in [0.15, 0.2) is 18.5 Å². The van der Waals surface area contributed by atoms with E-state index in [4.69, 9.17) is 5.73 Å². The highest BCUT2D eigenvalue weighted by atomic mass is 16.2. The van der Waals surface area contributed by atoms with E-state index in [1.165, 1.54) is 6.08 Å². The zero-order valence-corrected chi connectivity index (χ0v) is 15.3. The van der Waals surface area contributed by atoms with E-state index in [1.807, 2.05) is 25.7 Å². The molecule has 2 aromatic heterocycles. The summed E-state index contributed by atoms with van der Waals surface area (Å²) in [5, 5.41) is 0. The van der Waals surface area contributed by atoms with E-state index in [2.05, 4.69) is 19.9 Å². The number of primary amides is 1. The molecule has 0 aliphatic carbocycles. The maximum Gasteiger partial charge on any atom is 0.241 e. The highest BCUT2D eigenvalue weighted by Gasteiger charge is 2.30. The normalized spacial score (nSPS) is 15.8. The Hall–Kier alpha value is -2.90. The number of aromatic amines is 1. The predicted molar refractivity (Wildman–Crippen MR) is 100 cm³/mol. The van der Waals surface area contributed by atoms with Gasteiger partial charge in [0.2, 0.25) is 11.8 Å². The smallest absolute Gasteiger partial charge is 0.241 e. The number of amides is 2. The van der Waals surface area contributed by atoms with Gasteiger partial charge in [0.25, 0.3) is 0 Å². The van der Waals surface area contributed by atoms with Gasteiger partial charge in [-0.1, -0.05) is 20.8 Å². The third kappa shape index (κ3) is 3.68. The minimum atomic E-state index is -0.511. The molecule has 26 heavy (non-hydrogen) atoms. The van der Waals surface area contributed by atoms with Crippen molar-refractivity contribution in [3.63, 3.8) is 0 Å². The quantitative estimate of drug-likeness (QED) is 0.802. The maximum absolute atomic E-state index is 12.4. The summed E-state index contributed by atoms with van der Waals surface area (Å²) in [5.74, 6) is 0.417. The predicted octanol–water partition coefficient (Wildman–Crippen LogP) is 1.15. The molecule has 0 spiro atoms. The number of nitrogens with two attached hydrogens (primary N) is 1. The molecule has 0 aromatic carbocycles. The Morgan fingerprint density at radius 3 is 2.54 bits per heavy atom. The Morgan fingerprint density at radius 1 is 1.23 bits per heavy atom. The van der Waals surface area contributed by atoms with Crippen LogP contribution in [-0.2, 0) is 9.59 Å². The van der Waals surface area contributed by atoms with Crippen LogP contribution in [0.3, 0.4) is 0 Å². The van der Waals surface area contributed by atoms with Gasteiger partial charge in [-0.15, -0.1) is 0 Å². The van der Waals surface area contributed by atoms with E-state index in [0.29, 0.717) is 37.3 Å². The average Bonchev–Trinajstić information content (AvgIpc) is 3.01. The summed E-state index contributed by atoms with van der Waals surface area (Å²) in [6.45, 7) is 8.56. The fraction of sp³-hybridized carbons (Fsp3) is 0.444. The number of rotatable bonds is 3. The number of anilines is 1. The molecule has 3 heterocycles. The molecule has 0 atom stereocenters. The van der Waals surface area contributed by atoms with E-state index >= 15 is 0 Å². The van der Waals surface area contributed by atoms with Gasteiger partial charge in [0.1, 0.15) is 11.3 Å². The summed E-state index contributed by atoms with van der Waals surface area (Å²) in [5.41, 5.74) is 6.89. The first kappa shape index (κ1) is 17.9. The van der Waals surface area contributed by atoms with E-state index < -0.39 is 5.91 Å². The molecule has 3 N–H and O–H groups in total. The number of aromatic nitrogens is 3. The third-order valence-electron chi connectivity index (χ3n) is 4.36. The van der Waals surface area contributed by atoms with Crippen molar-refractivity contribution in [1.82, 2.24) is 19.9 Å². The molecule has 0 unspecified atom stereocenters. The van der Waals surface area contributed by atoms with Crippen molar-refractivity contribution in [2.75, 3.05) is 31.1 Å². The van der Waals surface area contributed by atoms with Crippen LogP contribution >= 0.6 is 0 Å². The number of nitrogens with zero attached hydrogens (tertiary/aromatic N) is 4. The van der Waals surface area contributed by atoms with E-state index in [9.17, 15) is 9.59 Å². The second-order valence-electron chi connectivity index (χ2n) is 7.43. The van der Waals surface area contributed by atoms with Gasteiger partial charge in [-0.05, 0) is 6.08 Å². The first-order chi connectivity index (χ1) is 12.3. The molecule has 3 rings (SSSR count). The lowest BCUT2D eigenvalue weighted by Crippen LogP contribution is -2.51. The summed E-state index contributed by atoms with van der Waals surface area (Å²) in [4.78, 5) is 39.5. The fourth-order valence-electron chi connectivity index (χ4n) is 2.97. The van der Waals surface area contributed by atoms with Gasteiger partial charge in [0, 0.05) is 49.4 Å². The van der Waals surface area contributed by atoms with Crippen molar-refractivity contribution in [3.05, 3.63) is 24.0 Å². The number of fused-ring (bicyclic) bond motifs is 1. The molecule has 1 aliphatic heterocycles. The molecule has 1 saturated heterocycles. The molecule has 1 aliphatic rings. The van der Waals surface area contributed by atoms with Crippen LogP contribution in [0.1, 0.15) is 26.3 Å². The number of H-pyrrole nitrogens is 1. The second kappa shape index (κ2) is 6.78. The Morgan fingerprint density at radius 2 is 1.92 bits per heavy atom. The van der Waals surface area contributed by atoms with Gasteiger partial charge in [0.05, 0.1) is 6.20 Å². The van der Waals surface area contributed by atoms with Crippen molar-refractivity contribution in [3.8, 4) is 0 Å². The van der Waals surface area contributed by atoms with E-state index in [0.717, 1.165) is 11.4 Å². The zero-order valence-electron chi connectivity index (χ0n) is 15.3. The van der Waals surface area contributed by atoms with Crippen molar-refractivity contribution in [1.29, 1.82) is 0 Å². The minimum absolute atomic E-state index is 0.170. The van der Waals surface area contributed by atoms with Crippen LogP contribution in [0, 0.1) is 5.41 Å². The monoisotopic (exact) mass is 356 g/mol. The lowest BCUT2D eigenvalue weighted by atomic mass is 9.94. The van der Waals surface area contributed by atoms with E-state index in [-0.39, 0.29) is 11.3 Å². The molecule has 2 aromatic rings.